The smallest absolute Gasteiger partial charge is 0.122 e. The molecule has 8 heteroatoms. The Morgan fingerprint density at radius 2 is 0.732 bits per heavy atom. The van der Waals surface area contributed by atoms with Crippen molar-refractivity contribution >= 4 is 11.4 Å². The highest BCUT2D eigenvalue weighted by molar-refractivity contribution is 6.00. The fourth-order valence-corrected chi connectivity index (χ4v) is 9.41. The van der Waals surface area contributed by atoms with Crippen LogP contribution in [0.1, 0.15) is 127 Å². The van der Waals surface area contributed by atoms with E-state index in [1.165, 1.54) is 59.3 Å². The topological polar surface area (TPSA) is 67.9 Å². The van der Waals surface area contributed by atoms with Crippen LogP contribution in [0.15, 0.2) is 72.8 Å². The maximum Gasteiger partial charge on any atom is 0.122 e. The molecule has 6 aromatic rings. The number of rotatable bonds is 8. The Kier molecular flexibility index (Phi) is 9.34. The van der Waals surface area contributed by atoms with Gasteiger partial charge >= 0.3 is 0 Å². The van der Waals surface area contributed by atoms with Crippen molar-refractivity contribution in [3.8, 4) is 56.4 Å². The van der Waals surface area contributed by atoms with E-state index in [9.17, 15) is 0 Å². The molecular weight excluding hydrogens is 689 g/mol. The molecule has 4 heterocycles. The van der Waals surface area contributed by atoms with E-state index in [0.29, 0.717) is 0 Å². The average Bonchev–Trinajstić information content (AvgIpc) is 4.04. The first kappa shape index (κ1) is 36.4. The average molecular weight is 745 g/mol. The SMILES string of the molecule is CC(C)c1cc(N2CCCC2)cc(C(C)C)c1-n1nnc2c1-c1ccccc1-c1nnn(-c3c(C(C)C)cc(N4CCCC4)cc3C(C)C)c1-c1ccccc1-2. The fraction of sp³-hybridized carbons (Fsp3) is 0.417. The molecule has 0 atom stereocenters. The standard InChI is InChI=1S/C48H56N8/c1-29(2)39-25-33(53-21-13-14-22-53)26-40(30(3)4)45(39)55-47-37-19-11-9-17-35(37)44-48(38-20-12-10-18-36(38)43(47)49-51-55)56(52-50-44)46-41(31(5)6)27-34(28-42(46)32(7)8)54-23-15-16-24-54/h9-12,17-20,25-32H,13-16,21-24H2,1-8H3. The summed E-state index contributed by atoms with van der Waals surface area (Å²) in [6, 6.07) is 27.0. The van der Waals surface area contributed by atoms with Crippen molar-refractivity contribution in [3.63, 3.8) is 0 Å². The molecule has 4 aromatic carbocycles. The van der Waals surface area contributed by atoms with Crippen LogP contribution < -0.4 is 9.80 Å². The lowest BCUT2D eigenvalue weighted by Crippen LogP contribution is -2.20. The normalized spacial score (nSPS) is 15.1. The fourth-order valence-electron chi connectivity index (χ4n) is 9.41. The molecule has 56 heavy (non-hydrogen) atoms. The van der Waals surface area contributed by atoms with Crippen LogP contribution in [-0.4, -0.2) is 56.2 Å². The van der Waals surface area contributed by atoms with Crippen molar-refractivity contribution in [2.24, 2.45) is 0 Å². The monoisotopic (exact) mass is 744 g/mol. The molecule has 288 valence electrons. The first-order chi connectivity index (χ1) is 27.1. The van der Waals surface area contributed by atoms with Crippen LogP contribution in [0.25, 0.3) is 56.4 Å². The Balaban J connectivity index is 1.32. The minimum atomic E-state index is 0.287. The van der Waals surface area contributed by atoms with Gasteiger partial charge in [-0.15, -0.1) is 10.2 Å². The van der Waals surface area contributed by atoms with E-state index in [4.69, 9.17) is 20.6 Å². The number of nitrogens with zero attached hydrogens (tertiary/aromatic N) is 8. The minimum absolute atomic E-state index is 0.287. The van der Waals surface area contributed by atoms with Gasteiger partial charge in [0.15, 0.2) is 0 Å². The second-order valence-corrected chi connectivity index (χ2v) is 17.4. The lowest BCUT2D eigenvalue weighted by atomic mass is 9.87. The molecule has 0 bridgehead atoms. The molecule has 0 amide bonds. The first-order valence-electron chi connectivity index (χ1n) is 21.1. The molecule has 2 aliphatic heterocycles. The highest BCUT2D eigenvalue weighted by Crippen LogP contribution is 2.49. The molecule has 2 fully saturated rings. The summed E-state index contributed by atoms with van der Waals surface area (Å²) < 4.78 is 4.31. The molecule has 2 saturated heterocycles. The van der Waals surface area contributed by atoms with Gasteiger partial charge in [0.05, 0.1) is 11.4 Å². The number of hydrogen-bond acceptors (Lipinski definition) is 6. The van der Waals surface area contributed by atoms with Crippen LogP contribution in [0.3, 0.4) is 0 Å². The number of hydrogen-bond donors (Lipinski definition) is 0. The maximum atomic E-state index is 5.13. The van der Waals surface area contributed by atoms with Crippen molar-refractivity contribution in [1.82, 2.24) is 30.0 Å². The maximum absolute atomic E-state index is 5.13. The van der Waals surface area contributed by atoms with Gasteiger partial charge in [-0.05, 0) is 95.9 Å². The second-order valence-electron chi connectivity index (χ2n) is 17.4. The van der Waals surface area contributed by atoms with Gasteiger partial charge in [-0.25, -0.2) is 9.36 Å². The van der Waals surface area contributed by atoms with Crippen molar-refractivity contribution in [1.29, 1.82) is 0 Å². The second kappa shape index (κ2) is 14.4. The third-order valence-electron chi connectivity index (χ3n) is 12.4. The number of benzene rings is 4. The van der Waals surface area contributed by atoms with Crippen LogP contribution in [0, 0.1) is 0 Å². The molecule has 2 aromatic heterocycles. The molecule has 0 N–H and O–H groups in total. The molecule has 0 saturated carbocycles. The molecule has 0 radical (unpaired) electrons. The highest BCUT2D eigenvalue weighted by atomic mass is 15.4. The first-order valence-corrected chi connectivity index (χ1v) is 21.1. The Hall–Kier alpha value is -5.24. The van der Waals surface area contributed by atoms with Crippen LogP contribution >= 0.6 is 0 Å². The van der Waals surface area contributed by atoms with Gasteiger partial charge in [0.2, 0.25) is 0 Å². The summed E-state index contributed by atoms with van der Waals surface area (Å²) in [5, 5.41) is 20.5. The van der Waals surface area contributed by atoms with Crippen molar-refractivity contribution in [3.05, 3.63) is 95.1 Å². The van der Waals surface area contributed by atoms with Gasteiger partial charge in [0.1, 0.15) is 22.8 Å². The molecule has 0 unspecified atom stereocenters. The Morgan fingerprint density at radius 3 is 1.04 bits per heavy atom. The van der Waals surface area contributed by atoms with Crippen molar-refractivity contribution < 1.29 is 0 Å². The van der Waals surface area contributed by atoms with E-state index < -0.39 is 0 Å². The summed E-state index contributed by atoms with van der Waals surface area (Å²) >= 11 is 0. The highest BCUT2D eigenvalue weighted by Gasteiger charge is 2.34. The van der Waals surface area contributed by atoms with Crippen molar-refractivity contribution in [2.45, 2.75) is 105 Å². The summed E-state index contributed by atoms with van der Waals surface area (Å²) in [7, 11) is 0. The molecule has 3 aliphatic rings. The Morgan fingerprint density at radius 1 is 0.429 bits per heavy atom. The number of aromatic nitrogens is 6. The number of anilines is 2. The van der Waals surface area contributed by atoms with Crippen LogP contribution in [-0.2, 0) is 0 Å². The summed E-state index contributed by atoms with van der Waals surface area (Å²) in [5.74, 6) is 1.15. The van der Waals surface area contributed by atoms with E-state index in [1.54, 1.807) is 0 Å². The predicted molar refractivity (Wildman–Crippen MR) is 231 cm³/mol. The van der Waals surface area contributed by atoms with E-state index in [2.05, 4.69) is 147 Å². The summed E-state index contributed by atoms with van der Waals surface area (Å²) in [4.78, 5) is 5.11. The van der Waals surface area contributed by atoms with Crippen LogP contribution in [0.2, 0.25) is 0 Å². The van der Waals surface area contributed by atoms with Crippen molar-refractivity contribution in [2.75, 3.05) is 36.0 Å². The number of fused-ring (bicyclic) bond motifs is 8. The Bertz CT molecular complexity index is 2190. The van der Waals surface area contributed by atoms with Gasteiger partial charge in [-0.2, -0.15) is 0 Å². The lowest BCUT2D eigenvalue weighted by molar-refractivity contribution is 0.743. The van der Waals surface area contributed by atoms with Gasteiger partial charge in [-0.3, -0.25) is 0 Å². The molecule has 9 rings (SSSR count). The zero-order chi connectivity index (χ0) is 38.8. The Labute approximate surface area is 332 Å². The van der Waals surface area contributed by atoms with E-state index >= 15 is 0 Å². The molecule has 0 spiro atoms. The van der Waals surface area contributed by atoms with Crippen LogP contribution in [0.5, 0.6) is 0 Å². The van der Waals surface area contributed by atoms with Gasteiger partial charge in [-0.1, -0.05) is 114 Å². The van der Waals surface area contributed by atoms with E-state index in [-0.39, 0.29) is 23.7 Å². The largest absolute Gasteiger partial charge is 0.372 e. The van der Waals surface area contributed by atoms with Gasteiger partial charge < -0.3 is 9.80 Å². The third-order valence-corrected chi connectivity index (χ3v) is 12.4. The molecular formula is C48H56N8. The summed E-state index contributed by atoms with van der Waals surface area (Å²) in [6.45, 7) is 22.9. The quantitative estimate of drug-likeness (QED) is 0.154. The summed E-state index contributed by atoms with van der Waals surface area (Å²) in [5.41, 5.74) is 18.0. The predicted octanol–water partition coefficient (Wildman–Crippen LogP) is 11.5. The summed E-state index contributed by atoms with van der Waals surface area (Å²) in [6.07, 6.45) is 4.99. The minimum Gasteiger partial charge on any atom is -0.372 e. The van der Waals surface area contributed by atoms with Gasteiger partial charge in [0.25, 0.3) is 0 Å². The van der Waals surface area contributed by atoms with E-state index in [0.717, 1.165) is 82.6 Å². The van der Waals surface area contributed by atoms with Crippen LogP contribution in [0.4, 0.5) is 11.4 Å². The van der Waals surface area contributed by atoms with Gasteiger partial charge in [0, 0.05) is 59.8 Å². The van der Waals surface area contributed by atoms with E-state index in [1.807, 2.05) is 0 Å². The molecule has 8 nitrogen and oxygen atoms in total. The molecule has 1 aliphatic carbocycles. The lowest BCUT2D eigenvalue weighted by Gasteiger charge is -2.27. The zero-order valence-electron chi connectivity index (χ0n) is 34.5. The third kappa shape index (κ3) is 5.95. The zero-order valence-corrected chi connectivity index (χ0v) is 34.5.